The summed E-state index contributed by atoms with van der Waals surface area (Å²) in [6.07, 6.45) is 6.44. The molecule has 2 fully saturated rings. The average molecular weight is 542 g/mol. The highest BCUT2D eigenvalue weighted by atomic mass is 19.1. The van der Waals surface area contributed by atoms with Gasteiger partial charge in [-0.05, 0) is 80.7 Å². The number of benzene rings is 1. The van der Waals surface area contributed by atoms with Crippen molar-refractivity contribution in [3.8, 4) is 0 Å². The van der Waals surface area contributed by atoms with Gasteiger partial charge in [0.2, 0.25) is 0 Å². The quantitative estimate of drug-likeness (QED) is 0.345. The van der Waals surface area contributed by atoms with E-state index in [9.17, 15) is 19.4 Å². The summed E-state index contributed by atoms with van der Waals surface area (Å²) in [4.78, 5) is 19.0. The molecule has 4 heterocycles. The van der Waals surface area contributed by atoms with Crippen molar-refractivity contribution >= 4 is 11.8 Å². The standard InChI is InChI=1S/C30H40FN3O5/c31-26-8-3-7-24(25(26)19-39-23-13-16-38-18-23)28(30(36)37)34-15-12-21(17-34)27(35)9-2-1-6-22-11-10-20-5-4-14-32-29(20)33-22/h3,7-8,10-11,21,23,27-28,35H,1-2,4-6,9,12-19H2,(H,32,33)(H,36,37)/t21-,23-,27?,28?/m1/s1. The Hall–Kier alpha value is -2.59. The number of carbonyl (C=O) groups is 1. The minimum Gasteiger partial charge on any atom is -0.480 e. The summed E-state index contributed by atoms with van der Waals surface area (Å²) in [5.74, 6) is -0.480. The highest BCUT2D eigenvalue weighted by Crippen LogP contribution is 2.34. The molecular weight excluding hydrogens is 501 g/mol. The monoisotopic (exact) mass is 541 g/mol. The van der Waals surface area contributed by atoms with Gasteiger partial charge in [-0.1, -0.05) is 24.6 Å². The number of pyridine rings is 1. The number of hydrogen-bond acceptors (Lipinski definition) is 7. The Kier molecular flexibility index (Phi) is 9.45. The number of aromatic nitrogens is 1. The predicted molar refractivity (Wildman–Crippen MR) is 145 cm³/mol. The van der Waals surface area contributed by atoms with E-state index in [1.807, 2.05) is 4.90 Å². The van der Waals surface area contributed by atoms with Crippen molar-refractivity contribution in [2.45, 2.75) is 76.2 Å². The Morgan fingerprint density at radius 1 is 1.26 bits per heavy atom. The lowest BCUT2D eigenvalue weighted by molar-refractivity contribution is -0.143. The maximum Gasteiger partial charge on any atom is 0.325 e. The van der Waals surface area contributed by atoms with Gasteiger partial charge in [0, 0.05) is 31.0 Å². The second-order valence-corrected chi connectivity index (χ2v) is 11.0. The first-order chi connectivity index (χ1) is 19.0. The molecular formula is C30H40FN3O5. The van der Waals surface area contributed by atoms with Crippen molar-refractivity contribution in [3.63, 3.8) is 0 Å². The van der Waals surface area contributed by atoms with Crippen molar-refractivity contribution in [1.82, 2.24) is 9.88 Å². The summed E-state index contributed by atoms with van der Waals surface area (Å²) < 4.78 is 26.0. The lowest BCUT2D eigenvalue weighted by atomic mass is 9.95. The third-order valence-electron chi connectivity index (χ3n) is 8.33. The molecule has 3 aliphatic rings. The second kappa shape index (κ2) is 13.2. The number of halogens is 1. The molecule has 5 rings (SSSR count). The third-order valence-corrected chi connectivity index (χ3v) is 8.33. The third kappa shape index (κ3) is 6.95. The number of aliphatic hydroxyl groups excluding tert-OH is 1. The van der Waals surface area contributed by atoms with Gasteiger partial charge >= 0.3 is 5.97 Å². The Balaban J connectivity index is 1.14. The van der Waals surface area contributed by atoms with Gasteiger partial charge in [0.05, 0.1) is 25.4 Å². The van der Waals surface area contributed by atoms with Gasteiger partial charge in [0.15, 0.2) is 0 Å². The molecule has 4 atom stereocenters. The largest absolute Gasteiger partial charge is 0.480 e. The number of nitrogens with zero attached hydrogens (tertiary/aromatic N) is 2. The van der Waals surface area contributed by atoms with Gasteiger partial charge in [-0.3, -0.25) is 9.69 Å². The number of likely N-dealkylation sites (tertiary alicyclic amines) is 1. The number of ether oxygens (including phenoxy) is 2. The van der Waals surface area contributed by atoms with Crippen LogP contribution in [0.25, 0.3) is 0 Å². The van der Waals surface area contributed by atoms with Crippen molar-refractivity contribution < 1.29 is 28.9 Å². The number of carboxylic acid groups (broad SMARTS) is 1. The Bertz CT molecular complexity index is 1130. The summed E-state index contributed by atoms with van der Waals surface area (Å²) in [6, 6.07) is 7.87. The van der Waals surface area contributed by atoms with Gasteiger partial charge in [-0.15, -0.1) is 0 Å². The Labute approximate surface area is 229 Å². The molecule has 0 amide bonds. The van der Waals surface area contributed by atoms with Gasteiger partial charge < -0.3 is 25.0 Å². The van der Waals surface area contributed by atoms with Crippen LogP contribution in [0.4, 0.5) is 10.2 Å². The number of unbranched alkanes of at least 4 members (excludes halogenated alkanes) is 1. The molecule has 1 aromatic heterocycles. The SMILES string of the molecule is O=C(O)C(c1cccc(F)c1CO[C@@H]1CCOC1)N1CC[C@@H](C(O)CCCCc2ccc3c(n2)NCCC3)C1. The second-order valence-electron chi connectivity index (χ2n) is 11.0. The van der Waals surface area contributed by atoms with Crippen LogP contribution >= 0.6 is 0 Å². The van der Waals surface area contributed by atoms with Gasteiger partial charge in [0.1, 0.15) is 17.7 Å². The van der Waals surface area contributed by atoms with Crippen molar-refractivity contribution in [3.05, 3.63) is 58.5 Å². The molecule has 39 heavy (non-hydrogen) atoms. The molecule has 0 radical (unpaired) electrons. The van der Waals surface area contributed by atoms with Gasteiger partial charge in [0.25, 0.3) is 0 Å². The molecule has 3 aliphatic heterocycles. The van der Waals surface area contributed by atoms with Crippen LogP contribution in [0.3, 0.4) is 0 Å². The highest BCUT2D eigenvalue weighted by molar-refractivity contribution is 5.76. The van der Waals surface area contributed by atoms with Gasteiger partial charge in [-0.2, -0.15) is 0 Å². The van der Waals surface area contributed by atoms with Crippen LogP contribution in [-0.4, -0.2) is 71.1 Å². The molecule has 0 spiro atoms. The van der Waals surface area contributed by atoms with E-state index in [1.54, 1.807) is 12.1 Å². The fraction of sp³-hybridized carbons (Fsp3) is 0.600. The van der Waals surface area contributed by atoms with E-state index in [0.29, 0.717) is 44.7 Å². The highest BCUT2D eigenvalue weighted by Gasteiger charge is 2.37. The molecule has 0 saturated carbocycles. The summed E-state index contributed by atoms with van der Waals surface area (Å²) in [5, 5.41) is 24.5. The zero-order valence-corrected chi connectivity index (χ0v) is 22.5. The molecule has 212 valence electrons. The van der Waals surface area contributed by atoms with Crippen LogP contribution in [-0.2, 0) is 33.7 Å². The first-order valence-corrected chi connectivity index (χ1v) is 14.3. The fourth-order valence-corrected chi connectivity index (χ4v) is 6.08. The number of aliphatic hydroxyl groups is 1. The zero-order chi connectivity index (χ0) is 27.2. The fourth-order valence-electron chi connectivity index (χ4n) is 6.08. The number of aryl methyl sites for hydroxylation is 2. The maximum absolute atomic E-state index is 14.8. The molecule has 0 bridgehead atoms. The van der Waals surface area contributed by atoms with Crippen LogP contribution in [0, 0.1) is 11.7 Å². The molecule has 8 nitrogen and oxygen atoms in total. The molecule has 1 aromatic carbocycles. The molecule has 9 heteroatoms. The van der Waals surface area contributed by atoms with E-state index in [2.05, 4.69) is 17.4 Å². The number of carboxylic acids is 1. The molecule has 2 unspecified atom stereocenters. The average Bonchev–Trinajstić information content (AvgIpc) is 3.63. The minimum absolute atomic E-state index is 0.00878. The maximum atomic E-state index is 14.8. The number of rotatable bonds is 12. The van der Waals surface area contributed by atoms with Crippen LogP contribution in [0.15, 0.2) is 30.3 Å². The number of hydrogen-bond donors (Lipinski definition) is 3. The Morgan fingerprint density at radius 3 is 2.97 bits per heavy atom. The predicted octanol–water partition coefficient (Wildman–Crippen LogP) is 4.11. The van der Waals surface area contributed by atoms with Crippen LogP contribution < -0.4 is 5.32 Å². The summed E-state index contributed by atoms with van der Waals surface area (Å²) in [7, 11) is 0. The smallest absolute Gasteiger partial charge is 0.325 e. The van der Waals surface area contributed by atoms with Crippen LogP contribution in [0.1, 0.15) is 67.0 Å². The molecule has 2 aromatic rings. The van der Waals surface area contributed by atoms with E-state index >= 15 is 0 Å². The van der Waals surface area contributed by atoms with Crippen molar-refractivity contribution in [1.29, 1.82) is 0 Å². The number of nitrogens with one attached hydrogen (secondary N) is 1. The topological polar surface area (TPSA) is 104 Å². The van der Waals surface area contributed by atoms with E-state index < -0.39 is 23.9 Å². The number of anilines is 1. The molecule has 2 saturated heterocycles. The molecule has 0 aliphatic carbocycles. The summed E-state index contributed by atoms with van der Waals surface area (Å²) in [5.41, 5.74) is 3.06. The van der Waals surface area contributed by atoms with E-state index in [1.165, 1.54) is 11.6 Å². The van der Waals surface area contributed by atoms with E-state index in [4.69, 9.17) is 14.5 Å². The lowest BCUT2D eigenvalue weighted by Crippen LogP contribution is -2.34. The summed E-state index contributed by atoms with van der Waals surface area (Å²) >= 11 is 0. The number of aliphatic carboxylic acids is 1. The van der Waals surface area contributed by atoms with Crippen molar-refractivity contribution in [2.75, 3.05) is 38.2 Å². The van der Waals surface area contributed by atoms with Crippen molar-refractivity contribution in [2.24, 2.45) is 5.92 Å². The normalized spacial score (nSPS) is 22.8. The zero-order valence-electron chi connectivity index (χ0n) is 22.5. The first-order valence-electron chi connectivity index (χ1n) is 14.3. The number of fused-ring (bicyclic) bond motifs is 1. The first kappa shape index (κ1) is 28.0. The van der Waals surface area contributed by atoms with Crippen LogP contribution in [0.5, 0.6) is 0 Å². The van der Waals surface area contributed by atoms with E-state index in [0.717, 1.165) is 56.6 Å². The van der Waals surface area contributed by atoms with E-state index in [-0.39, 0.29) is 24.2 Å². The molecule has 3 N–H and O–H groups in total. The summed E-state index contributed by atoms with van der Waals surface area (Å²) in [6.45, 7) is 3.07. The van der Waals surface area contributed by atoms with Crippen LogP contribution in [0.2, 0.25) is 0 Å². The Morgan fingerprint density at radius 2 is 2.15 bits per heavy atom. The van der Waals surface area contributed by atoms with Gasteiger partial charge in [-0.25, -0.2) is 9.37 Å². The minimum atomic E-state index is -1.02. The lowest BCUT2D eigenvalue weighted by Gasteiger charge is -2.27.